The van der Waals surface area contributed by atoms with Crippen molar-refractivity contribution in [2.24, 2.45) is 0 Å². The molecule has 4 aliphatic carbocycles. The van der Waals surface area contributed by atoms with Gasteiger partial charge in [-0.15, -0.1) is 0 Å². The Bertz CT molecular complexity index is 5160. The third-order valence-corrected chi connectivity index (χ3v) is 20.5. The smallest absolute Gasteiger partial charge is 0.161 e. The van der Waals surface area contributed by atoms with Gasteiger partial charge in [-0.1, -0.05) is 269 Å². The van der Waals surface area contributed by atoms with Gasteiger partial charge in [-0.25, -0.2) is 15.0 Å². The van der Waals surface area contributed by atoms with E-state index < -0.39 is 16.2 Å². The molecule has 0 fully saturated rings. The van der Waals surface area contributed by atoms with Crippen molar-refractivity contribution < 1.29 is 0 Å². The number of rotatable bonds is 6. The summed E-state index contributed by atoms with van der Waals surface area (Å²) in [6, 6.07) is 104. The number of hydrogen-bond acceptors (Lipinski definition) is 4. The van der Waals surface area contributed by atoms with E-state index in [2.05, 4.69) is 276 Å². The molecule has 2 heterocycles. The summed E-state index contributed by atoms with van der Waals surface area (Å²) in [5.74, 6) is 0.724. The van der Waals surface area contributed by atoms with Crippen LogP contribution >= 0.6 is 0 Å². The van der Waals surface area contributed by atoms with E-state index in [1.54, 1.807) is 0 Å². The maximum absolute atomic E-state index is 5.74. The molecule has 0 aliphatic heterocycles. The molecule has 18 rings (SSSR count). The highest BCUT2D eigenvalue weighted by Crippen LogP contribution is 2.65. The third kappa shape index (κ3) is 6.86. The fourth-order valence-corrected chi connectivity index (χ4v) is 16.8. The van der Waals surface area contributed by atoms with Crippen LogP contribution in [0.5, 0.6) is 0 Å². The summed E-state index contributed by atoms with van der Waals surface area (Å²) in [6.45, 7) is 7.24. The van der Waals surface area contributed by atoms with E-state index in [1.165, 1.54) is 100 Å². The zero-order chi connectivity index (χ0) is 58.5. The first-order valence-corrected chi connectivity index (χ1v) is 30.8. The first-order valence-electron chi connectivity index (χ1n) is 30.8. The van der Waals surface area contributed by atoms with Crippen molar-refractivity contribution in [3.05, 3.63) is 358 Å². The lowest BCUT2D eigenvalue weighted by molar-refractivity contribution is 0.514. The molecule has 0 radical (unpaired) electrons. The van der Waals surface area contributed by atoms with Gasteiger partial charge < -0.3 is 0 Å². The first-order chi connectivity index (χ1) is 43.2. The number of benzene rings is 12. The van der Waals surface area contributed by atoms with Crippen LogP contribution < -0.4 is 0 Å². The lowest BCUT2D eigenvalue weighted by Gasteiger charge is -2.48. The van der Waals surface area contributed by atoms with Gasteiger partial charge >= 0.3 is 0 Å². The van der Waals surface area contributed by atoms with Crippen LogP contribution in [0.3, 0.4) is 0 Å². The summed E-state index contributed by atoms with van der Waals surface area (Å²) in [5.41, 5.74) is 30.5. The predicted molar refractivity (Wildman–Crippen MR) is 358 cm³/mol. The molecule has 14 aromatic rings. The predicted octanol–water partition coefficient (Wildman–Crippen LogP) is 19.5. The second-order valence-corrected chi connectivity index (χ2v) is 25.3. The lowest BCUT2D eigenvalue weighted by atomic mass is 9.54. The number of hydrogen-bond donors (Lipinski definition) is 0. The molecule has 414 valence electrons. The molecule has 4 aliphatic rings. The molecule has 0 atom stereocenters. The quantitative estimate of drug-likeness (QED) is 0.166. The van der Waals surface area contributed by atoms with Crippen molar-refractivity contribution in [2.45, 2.75) is 48.9 Å². The zero-order valence-corrected chi connectivity index (χ0v) is 49.1. The third-order valence-electron chi connectivity index (χ3n) is 20.5. The monoisotopic (exact) mass is 1120 g/mol. The van der Waals surface area contributed by atoms with Gasteiger partial charge in [0.1, 0.15) is 0 Å². The Labute approximate surface area is 512 Å². The van der Waals surface area contributed by atoms with Crippen LogP contribution in [0.15, 0.2) is 285 Å². The summed E-state index contributed by atoms with van der Waals surface area (Å²) in [6.07, 6.45) is 2.65. The van der Waals surface area contributed by atoms with Crippen molar-refractivity contribution in [3.63, 3.8) is 0 Å². The van der Waals surface area contributed by atoms with Crippen LogP contribution in [-0.2, 0) is 28.1 Å². The van der Waals surface area contributed by atoms with Gasteiger partial charge in [0, 0.05) is 32.9 Å². The Hall–Kier alpha value is -10.7. The van der Waals surface area contributed by atoms with Crippen LogP contribution in [0, 0.1) is 0 Å². The zero-order valence-electron chi connectivity index (χ0n) is 49.1. The largest absolute Gasteiger partial charge is 0.252 e. The number of para-hydroxylation sites is 3. The van der Waals surface area contributed by atoms with Gasteiger partial charge in [0.05, 0.1) is 45.0 Å². The van der Waals surface area contributed by atoms with E-state index >= 15 is 0 Å². The Balaban J connectivity index is 0.747. The summed E-state index contributed by atoms with van der Waals surface area (Å²) in [7, 11) is 0. The molecular weight excluding hydrogens is 1060 g/mol. The molecule has 0 amide bonds. The fraction of sp³-hybridized carbons (Fsp3) is 0.0952. The van der Waals surface area contributed by atoms with Crippen LogP contribution in [0.1, 0.15) is 93.1 Å². The summed E-state index contributed by atoms with van der Waals surface area (Å²) in [5, 5.41) is 1.03. The van der Waals surface area contributed by atoms with Crippen LogP contribution in [-0.4, -0.2) is 19.9 Å². The Morgan fingerprint density at radius 3 is 1.49 bits per heavy atom. The van der Waals surface area contributed by atoms with Crippen molar-refractivity contribution in [3.8, 4) is 67.3 Å². The number of fused-ring (bicyclic) bond motifs is 20. The van der Waals surface area contributed by atoms with Crippen molar-refractivity contribution in [1.29, 1.82) is 0 Å². The molecule has 0 bridgehead atoms. The van der Waals surface area contributed by atoms with Crippen LogP contribution in [0.2, 0.25) is 0 Å². The van der Waals surface area contributed by atoms with Crippen molar-refractivity contribution >= 4 is 21.9 Å². The van der Waals surface area contributed by atoms with E-state index in [1.807, 2.05) is 30.5 Å². The Kier molecular flexibility index (Phi) is 10.7. The minimum absolute atomic E-state index is 0.186. The molecule has 4 heteroatoms. The van der Waals surface area contributed by atoms with Gasteiger partial charge in [0.2, 0.25) is 0 Å². The summed E-state index contributed by atoms with van der Waals surface area (Å²) >= 11 is 0. The fourth-order valence-electron chi connectivity index (χ4n) is 16.8. The van der Waals surface area contributed by atoms with E-state index in [-0.39, 0.29) is 5.41 Å². The van der Waals surface area contributed by atoms with Crippen LogP contribution in [0.4, 0.5) is 0 Å². The van der Waals surface area contributed by atoms with E-state index in [9.17, 15) is 0 Å². The minimum atomic E-state index is -0.536. The molecule has 0 saturated heterocycles. The maximum atomic E-state index is 5.74. The highest BCUT2D eigenvalue weighted by molar-refractivity contribution is 5.99. The minimum Gasteiger partial charge on any atom is -0.252 e. The average Bonchev–Trinajstić information content (AvgIpc) is 1.43. The Morgan fingerprint density at radius 2 is 0.795 bits per heavy atom. The number of nitrogens with zero attached hydrogens (tertiary/aromatic N) is 4. The van der Waals surface area contributed by atoms with Crippen molar-refractivity contribution in [1.82, 2.24) is 19.9 Å². The molecule has 0 unspecified atom stereocenters. The van der Waals surface area contributed by atoms with E-state index in [0.29, 0.717) is 0 Å². The molecule has 0 saturated carbocycles. The summed E-state index contributed by atoms with van der Waals surface area (Å²) in [4.78, 5) is 20.9. The average molecular weight is 1120 g/mol. The summed E-state index contributed by atoms with van der Waals surface area (Å²) < 4.78 is 0. The van der Waals surface area contributed by atoms with E-state index in [4.69, 9.17) is 19.9 Å². The Morgan fingerprint density at radius 1 is 0.307 bits per heavy atom. The molecule has 0 N–H and O–H groups in total. The molecule has 2 spiro atoms. The van der Waals surface area contributed by atoms with E-state index in [0.717, 1.165) is 67.8 Å². The molecule has 2 aromatic heterocycles. The lowest BCUT2D eigenvalue weighted by Crippen LogP contribution is -2.43. The molecule has 4 nitrogen and oxygen atoms in total. The van der Waals surface area contributed by atoms with Gasteiger partial charge in [-0.05, 0) is 142 Å². The normalized spacial score (nSPS) is 16.3. The SMILES string of the molecule is CC1(C)c2ccccc2C2(c3ccccc3-c3c(-c4nc(-c5cccc(CC6(C)c7ccccc7C7(c8ccccc8-c8cc(-c9ccc(-c%10cnc%11ccccc%11n%10)cc9)ccc87)c7ccccc76)c5)c5ccccc5n4)cccc32)c2ccccc21. The van der Waals surface area contributed by atoms with Gasteiger partial charge in [0.15, 0.2) is 5.82 Å². The highest BCUT2D eigenvalue weighted by Gasteiger charge is 2.56. The maximum Gasteiger partial charge on any atom is 0.161 e. The van der Waals surface area contributed by atoms with Gasteiger partial charge in [0.25, 0.3) is 0 Å². The number of aromatic nitrogens is 4. The first kappa shape index (κ1) is 50.6. The highest BCUT2D eigenvalue weighted by atomic mass is 14.9. The second-order valence-electron chi connectivity index (χ2n) is 25.3. The van der Waals surface area contributed by atoms with Crippen LogP contribution in [0.25, 0.3) is 89.2 Å². The topological polar surface area (TPSA) is 51.6 Å². The molecule has 88 heavy (non-hydrogen) atoms. The second kappa shape index (κ2) is 18.7. The van der Waals surface area contributed by atoms with Crippen molar-refractivity contribution in [2.75, 3.05) is 0 Å². The van der Waals surface area contributed by atoms with Gasteiger partial charge in [-0.2, -0.15) is 0 Å². The van der Waals surface area contributed by atoms with Gasteiger partial charge in [-0.3, -0.25) is 4.98 Å². The standard InChI is InChI=1S/C84H58N4/c1-81(2)65-30-9-13-34-69(65)84(70-35-14-10-31-66(70)81)63-29-8-5-25-58(63)78-60(27-21-38-73(78)84)80-87-74-39-17-6-26-59(74)79(88-80)56-23-20-22-52(48-56)50-82(3)67-32-11-15-36-71(67)83(72-37-16-12-33-68(72)82)62-28-7-4-24-57(62)61-49-55(46-47-64(61)83)53-42-44-54(45-43-53)77-51-85-75-40-18-19-41-76(75)86-77/h4-49,51H,50H2,1-3H3. The molecular formula is C84H58N4. The molecule has 12 aromatic carbocycles.